The number of carbonyl (C=O) groups is 4. The molecule has 0 aromatic heterocycles. The first kappa shape index (κ1) is 24.4. The lowest BCUT2D eigenvalue weighted by molar-refractivity contribution is -0.136. The monoisotopic (exact) mass is 457 g/mol. The number of hydrogen-bond acceptors (Lipinski definition) is 6. The topological polar surface area (TPSA) is 114 Å². The van der Waals surface area contributed by atoms with Gasteiger partial charge in [-0.1, -0.05) is 18.2 Å². The van der Waals surface area contributed by atoms with Crippen molar-refractivity contribution < 1.29 is 28.7 Å². The van der Waals surface area contributed by atoms with Crippen LogP contribution in [0.4, 0.5) is 4.79 Å². The Balaban J connectivity index is 1.56. The number of benzene rings is 1. The molecule has 3 rings (SSSR count). The molecule has 0 spiro atoms. The van der Waals surface area contributed by atoms with E-state index < -0.39 is 23.6 Å². The standard InChI is InChI=1S/C24H31N3O6/c1-15(14-32-11-10-25-23(31)33-24(2,3)4)12-16-6-5-7-17-18(16)13-27(22(17)30)19-8-9-20(28)26-21(19)29/h5-7,12,19H,8-11,13-14H2,1-4H3,(H,25,31)(H,26,28,29)/b15-12+. The highest BCUT2D eigenvalue weighted by atomic mass is 16.6. The van der Waals surface area contributed by atoms with E-state index in [1.807, 2.05) is 25.1 Å². The van der Waals surface area contributed by atoms with E-state index in [9.17, 15) is 19.2 Å². The zero-order valence-corrected chi connectivity index (χ0v) is 19.5. The molecule has 2 N–H and O–H groups in total. The van der Waals surface area contributed by atoms with E-state index in [0.717, 1.165) is 16.7 Å². The lowest BCUT2D eigenvalue weighted by Gasteiger charge is -2.29. The number of piperidine rings is 1. The summed E-state index contributed by atoms with van der Waals surface area (Å²) in [4.78, 5) is 49.8. The van der Waals surface area contributed by atoms with Crippen LogP contribution in [0.15, 0.2) is 23.8 Å². The van der Waals surface area contributed by atoms with Crippen molar-refractivity contribution >= 4 is 29.9 Å². The van der Waals surface area contributed by atoms with E-state index in [-0.39, 0.29) is 18.2 Å². The van der Waals surface area contributed by atoms with Crippen LogP contribution in [-0.2, 0) is 25.6 Å². The highest BCUT2D eigenvalue weighted by Crippen LogP contribution is 2.30. The second kappa shape index (κ2) is 10.2. The van der Waals surface area contributed by atoms with E-state index in [1.165, 1.54) is 4.90 Å². The van der Waals surface area contributed by atoms with Gasteiger partial charge in [0, 0.05) is 25.1 Å². The Morgan fingerprint density at radius 3 is 2.73 bits per heavy atom. The number of carbonyl (C=O) groups excluding carboxylic acids is 4. The zero-order valence-electron chi connectivity index (χ0n) is 19.5. The molecule has 9 nitrogen and oxygen atoms in total. The molecule has 4 amide bonds. The number of ether oxygens (including phenoxy) is 2. The van der Waals surface area contributed by atoms with Gasteiger partial charge in [-0.15, -0.1) is 0 Å². The van der Waals surface area contributed by atoms with E-state index in [0.29, 0.717) is 38.3 Å². The molecule has 0 bridgehead atoms. The Hall–Kier alpha value is -3.20. The van der Waals surface area contributed by atoms with E-state index in [4.69, 9.17) is 9.47 Å². The summed E-state index contributed by atoms with van der Waals surface area (Å²) in [5.41, 5.74) is 2.73. The maximum absolute atomic E-state index is 12.9. The van der Waals surface area contributed by atoms with Gasteiger partial charge < -0.3 is 19.7 Å². The molecule has 1 fully saturated rings. The smallest absolute Gasteiger partial charge is 0.407 e. The quantitative estimate of drug-likeness (QED) is 0.480. The average molecular weight is 458 g/mol. The van der Waals surface area contributed by atoms with Crippen molar-refractivity contribution in [3.8, 4) is 0 Å². The third-order valence-corrected chi connectivity index (χ3v) is 5.26. The molecule has 178 valence electrons. The van der Waals surface area contributed by atoms with Gasteiger partial charge in [0.2, 0.25) is 11.8 Å². The minimum atomic E-state index is -0.638. The van der Waals surface area contributed by atoms with Crippen molar-refractivity contribution in [1.82, 2.24) is 15.5 Å². The van der Waals surface area contributed by atoms with E-state index in [1.54, 1.807) is 26.8 Å². The van der Waals surface area contributed by atoms with Crippen LogP contribution in [-0.4, -0.2) is 60.1 Å². The van der Waals surface area contributed by atoms with E-state index >= 15 is 0 Å². The van der Waals surface area contributed by atoms with Crippen LogP contribution in [0.2, 0.25) is 0 Å². The second-order valence-electron chi connectivity index (χ2n) is 9.25. The molecule has 2 heterocycles. The average Bonchev–Trinajstić information content (AvgIpc) is 3.04. The minimum absolute atomic E-state index is 0.197. The summed E-state index contributed by atoms with van der Waals surface area (Å²) in [5, 5.41) is 4.96. The van der Waals surface area contributed by atoms with Crippen molar-refractivity contribution in [2.75, 3.05) is 19.8 Å². The molecule has 1 aromatic carbocycles. The predicted molar refractivity (Wildman–Crippen MR) is 121 cm³/mol. The third kappa shape index (κ3) is 6.41. The third-order valence-electron chi connectivity index (χ3n) is 5.26. The number of amides is 4. The van der Waals surface area contributed by atoms with Crippen molar-refractivity contribution in [3.63, 3.8) is 0 Å². The van der Waals surface area contributed by atoms with Gasteiger partial charge in [-0.2, -0.15) is 0 Å². The molecule has 1 saturated heterocycles. The first-order valence-electron chi connectivity index (χ1n) is 11.0. The first-order chi connectivity index (χ1) is 15.5. The van der Waals surface area contributed by atoms with Gasteiger partial charge in [0.05, 0.1) is 13.2 Å². The molecule has 1 unspecified atom stereocenters. The molecule has 1 atom stereocenters. The molecule has 2 aliphatic heterocycles. The maximum Gasteiger partial charge on any atom is 0.407 e. The van der Waals surface area contributed by atoms with Gasteiger partial charge in [-0.25, -0.2) is 4.79 Å². The largest absolute Gasteiger partial charge is 0.444 e. The Bertz CT molecular complexity index is 979. The fourth-order valence-corrected chi connectivity index (χ4v) is 3.82. The zero-order chi connectivity index (χ0) is 24.2. The summed E-state index contributed by atoms with van der Waals surface area (Å²) in [6.45, 7) is 8.68. The van der Waals surface area contributed by atoms with Crippen LogP contribution >= 0.6 is 0 Å². The number of nitrogens with one attached hydrogen (secondary N) is 2. The molecule has 33 heavy (non-hydrogen) atoms. The number of fused-ring (bicyclic) bond motifs is 1. The molecular formula is C24H31N3O6. The summed E-state index contributed by atoms with van der Waals surface area (Å²) in [7, 11) is 0. The Morgan fingerprint density at radius 2 is 2.03 bits per heavy atom. The van der Waals surface area contributed by atoms with Crippen LogP contribution in [0.25, 0.3) is 6.08 Å². The van der Waals surface area contributed by atoms with Gasteiger partial charge in [0.15, 0.2) is 0 Å². The van der Waals surface area contributed by atoms with Gasteiger partial charge >= 0.3 is 6.09 Å². The van der Waals surface area contributed by atoms with Crippen molar-refractivity contribution in [3.05, 3.63) is 40.5 Å². The Labute approximate surface area is 193 Å². The van der Waals surface area contributed by atoms with Gasteiger partial charge in [0.25, 0.3) is 5.91 Å². The molecule has 0 saturated carbocycles. The van der Waals surface area contributed by atoms with Crippen LogP contribution < -0.4 is 10.6 Å². The normalized spacial score (nSPS) is 18.8. The fourth-order valence-electron chi connectivity index (χ4n) is 3.82. The molecule has 9 heteroatoms. The van der Waals surface area contributed by atoms with Crippen LogP contribution in [0.1, 0.15) is 62.0 Å². The summed E-state index contributed by atoms with van der Waals surface area (Å²) < 4.78 is 10.8. The predicted octanol–water partition coefficient (Wildman–Crippen LogP) is 2.39. The number of imide groups is 1. The summed E-state index contributed by atoms with van der Waals surface area (Å²) in [6, 6.07) is 4.86. The fraction of sp³-hybridized carbons (Fsp3) is 0.500. The van der Waals surface area contributed by atoms with Crippen LogP contribution in [0.5, 0.6) is 0 Å². The van der Waals surface area contributed by atoms with Crippen molar-refractivity contribution in [2.24, 2.45) is 0 Å². The number of rotatable bonds is 7. The highest BCUT2D eigenvalue weighted by Gasteiger charge is 2.39. The van der Waals surface area contributed by atoms with Gasteiger partial charge in [-0.3, -0.25) is 19.7 Å². The van der Waals surface area contributed by atoms with E-state index in [2.05, 4.69) is 10.6 Å². The van der Waals surface area contributed by atoms with Gasteiger partial charge in [0.1, 0.15) is 11.6 Å². The molecule has 0 aliphatic carbocycles. The maximum atomic E-state index is 12.9. The highest BCUT2D eigenvalue weighted by molar-refractivity contribution is 6.05. The number of nitrogens with zero attached hydrogens (tertiary/aromatic N) is 1. The van der Waals surface area contributed by atoms with Crippen LogP contribution in [0, 0.1) is 0 Å². The Kier molecular flexibility index (Phi) is 7.53. The minimum Gasteiger partial charge on any atom is -0.444 e. The lowest BCUT2D eigenvalue weighted by atomic mass is 10.0. The second-order valence-corrected chi connectivity index (χ2v) is 9.25. The van der Waals surface area contributed by atoms with Crippen molar-refractivity contribution in [2.45, 2.75) is 58.7 Å². The lowest BCUT2D eigenvalue weighted by Crippen LogP contribution is -2.52. The molecule has 0 radical (unpaired) electrons. The first-order valence-corrected chi connectivity index (χ1v) is 11.0. The van der Waals surface area contributed by atoms with Crippen molar-refractivity contribution in [1.29, 1.82) is 0 Å². The molecule has 1 aromatic rings. The number of hydrogen-bond donors (Lipinski definition) is 2. The summed E-state index contributed by atoms with van der Waals surface area (Å²) in [5.74, 6) is -0.924. The molecule has 2 aliphatic rings. The SMILES string of the molecule is C/C(=C\c1cccc2c1CN(C1CCC(=O)NC1=O)C2=O)COCCNC(=O)OC(C)(C)C. The summed E-state index contributed by atoms with van der Waals surface area (Å²) >= 11 is 0. The summed E-state index contributed by atoms with van der Waals surface area (Å²) in [6.07, 6.45) is 2.03. The number of alkyl carbamates (subject to hydrolysis) is 1. The Morgan fingerprint density at radius 1 is 1.27 bits per heavy atom. The van der Waals surface area contributed by atoms with Gasteiger partial charge in [-0.05, 0) is 56.9 Å². The van der Waals surface area contributed by atoms with Crippen LogP contribution in [0.3, 0.4) is 0 Å². The molecular weight excluding hydrogens is 426 g/mol.